The second-order valence-corrected chi connectivity index (χ2v) is 8.66. The summed E-state index contributed by atoms with van der Waals surface area (Å²) in [6, 6.07) is 19.8. The Labute approximate surface area is 195 Å². The highest BCUT2D eigenvalue weighted by Crippen LogP contribution is 2.29. The molecule has 0 bridgehead atoms. The summed E-state index contributed by atoms with van der Waals surface area (Å²) in [4.78, 5) is 36.0. The number of amides is 1. The van der Waals surface area contributed by atoms with Crippen molar-refractivity contribution < 1.29 is 14.7 Å². The molecule has 0 aliphatic carbocycles. The summed E-state index contributed by atoms with van der Waals surface area (Å²) in [7, 11) is 1.73. The Kier molecular flexibility index (Phi) is 6.46. The van der Waals surface area contributed by atoms with Crippen molar-refractivity contribution in [1.82, 2.24) is 14.9 Å². The number of anilines is 2. The summed E-state index contributed by atoms with van der Waals surface area (Å²) in [6.07, 6.45) is 1.75. The van der Waals surface area contributed by atoms with Gasteiger partial charge in [-0.3, -0.25) is 4.79 Å². The zero-order valence-corrected chi connectivity index (χ0v) is 19.0. The lowest BCUT2D eigenvalue weighted by atomic mass is 10.1. The number of aromatic carboxylic acids is 1. The molecule has 0 fully saturated rings. The summed E-state index contributed by atoms with van der Waals surface area (Å²) in [6.45, 7) is 2.39. The molecule has 7 nitrogen and oxygen atoms in total. The van der Waals surface area contributed by atoms with Gasteiger partial charge in [-0.25, -0.2) is 14.8 Å². The molecule has 166 valence electrons. The molecule has 0 saturated carbocycles. The second kappa shape index (κ2) is 9.62. The Morgan fingerprint density at radius 3 is 2.55 bits per heavy atom. The van der Waals surface area contributed by atoms with E-state index >= 15 is 0 Å². The molecule has 0 unspecified atom stereocenters. The molecule has 0 radical (unpaired) electrons. The topological polar surface area (TPSA) is 95.4 Å². The molecule has 3 aromatic heterocycles. The third-order valence-electron chi connectivity index (χ3n) is 4.96. The lowest BCUT2D eigenvalue weighted by molar-refractivity contribution is 0.0695. The van der Waals surface area contributed by atoms with Gasteiger partial charge in [0.15, 0.2) is 0 Å². The van der Waals surface area contributed by atoms with E-state index in [0.29, 0.717) is 17.2 Å². The van der Waals surface area contributed by atoms with Crippen molar-refractivity contribution in [3.05, 3.63) is 94.5 Å². The van der Waals surface area contributed by atoms with Gasteiger partial charge in [-0.15, -0.1) is 11.3 Å². The number of nitrogens with one attached hydrogen (secondary N) is 1. The molecular weight excluding hydrogens is 436 g/mol. The van der Waals surface area contributed by atoms with E-state index in [1.807, 2.05) is 43.3 Å². The van der Waals surface area contributed by atoms with Crippen LogP contribution in [-0.4, -0.2) is 38.9 Å². The van der Waals surface area contributed by atoms with Crippen LogP contribution >= 0.6 is 11.3 Å². The highest BCUT2D eigenvalue weighted by atomic mass is 32.1. The van der Waals surface area contributed by atoms with Crippen molar-refractivity contribution in [1.29, 1.82) is 0 Å². The van der Waals surface area contributed by atoms with Gasteiger partial charge in [0.05, 0.1) is 21.0 Å². The number of aromatic nitrogens is 2. The van der Waals surface area contributed by atoms with Crippen LogP contribution in [0.15, 0.2) is 72.9 Å². The molecule has 2 N–H and O–H groups in total. The maximum atomic E-state index is 12.9. The number of carbonyl (C=O) groups excluding carboxylic acids is 1. The molecule has 1 amide bonds. The van der Waals surface area contributed by atoms with Crippen LogP contribution in [0.1, 0.15) is 31.2 Å². The van der Waals surface area contributed by atoms with Gasteiger partial charge in [0.25, 0.3) is 5.91 Å². The number of aryl methyl sites for hydroxylation is 1. The van der Waals surface area contributed by atoms with Crippen LogP contribution < -0.4 is 5.32 Å². The van der Waals surface area contributed by atoms with Crippen molar-refractivity contribution in [2.24, 2.45) is 0 Å². The first-order chi connectivity index (χ1) is 15.9. The molecule has 33 heavy (non-hydrogen) atoms. The van der Waals surface area contributed by atoms with Crippen LogP contribution in [-0.2, 0) is 6.54 Å². The van der Waals surface area contributed by atoms with Crippen LogP contribution in [0.4, 0.5) is 11.6 Å². The minimum Gasteiger partial charge on any atom is -0.478 e. The predicted molar refractivity (Wildman–Crippen MR) is 129 cm³/mol. The Morgan fingerprint density at radius 1 is 1.03 bits per heavy atom. The van der Waals surface area contributed by atoms with Gasteiger partial charge in [-0.2, -0.15) is 0 Å². The maximum Gasteiger partial charge on any atom is 0.335 e. The van der Waals surface area contributed by atoms with E-state index in [2.05, 4.69) is 15.3 Å². The van der Waals surface area contributed by atoms with Crippen LogP contribution in [0.2, 0.25) is 0 Å². The Hall–Kier alpha value is -4.04. The quantitative estimate of drug-likeness (QED) is 0.394. The maximum absolute atomic E-state index is 12.9. The number of nitrogens with zero attached hydrogens (tertiary/aromatic N) is 3. The number of hydrogen-bond donors (Lipinski definition) is 2. The molecule has 0 aliphatic rings. The van der Waals surface area contributed by atoms with E-state index in [1.54, 1.807) is 36.3 Å². The number of carboxylic acid groups (broad SMARTS) is 1. The van der Waals surface area contributed by atoms with Crippen LogP contribution in [0.5, 0.6) is 0 Å². The predicted octanol–water partition coefficient (Wildman–Crippen LogP) is 5.23. The largest absolute Gasteiger partial charge is 0.478 e. The standard InChI is InChI=1S/C25H22N4O3S/c1-16-12-13-26-23(14-16)28-22-5-3-4-19(27-22)20-10-11-21(33-20)24(30)29(2)15-17-6-8-18(9-7-17)25(31)32/h3-14H,15H2,1-2H3,(H,31,32)(H,26,27,28). The molecule has 0 aliphatic heterocycles. The number of carboxylic acids is 1. The van der Waals surface area contributed by atoms with E-state index in [-0.39, 0.29) is 11.5 Å². The first-order valence-electron chi connectivity index (χ1n) is 10.2. The zero-order valence-electron chi connectivity index (χ0n) is 18.1. The van der Waals surface area contributed by atoms with E-state index in [1.165, 1.54) is 23.5 Å². The van der Waals surface area contributed by atoms with Gasteiger partial charge in [0, 0.05) is 19.8 Å². The smallest absolute Gasteiger partial charge is 0.335 e. The normalized spacial score (nSPS) is 10.6. The van der Waals surface area contributed by atoms with Crippen molar-refractivity contribution >= 4 is 34.8 Å². The summed E-state index contributed by atoms with van der Waals surface area (Å²) in [5.41, 5.74) is 2.95. The number of benzene rings is 1. The van der Waals surface area contributed by atoms with Gasteiger partial charge in [-0.1, -0.05) is 18.2 Å². The highest BCUT2D eigenvalue weighted by Gasteiger charge is 2.16. The summed E-state index contributed by atoms with van der Waals surface area (Å²) in [5, 5.41) is 12.2. The van der Waals surface area contributed by atoms with Crippen molar-refractivity contribution in [3.8, 4) is 10.6 Å². The van der Waals surface area contributed by atoms with Gasteiger partial charge < -0.3 is 15.3 Å². The molecule has 0 saturated heterocycles. The number of hydrogen-bond acceptors (Lipinski definition) is 6. The van der Waals surface area contributed by atoms with E-state index < -0.39 is 5.97 Å². The first kappa shape index (κ1) is 22.2. The van der Waals surface area contributed by atoms with Crippen molar-refractivity contribution in [3.63, 3.8) is 0 Å². The number of carbonyl (C=O) groups is 2. The molecule has 3 heterocycles. The van der Waals surface area contributed by atoms with Crippen LogP contribution in [0.3, 0.4) is 0 Å². The highest BCUT2D eigenvalue weighted by molar-refractivity contribution is 7.17. The monoisotopic (exact) mass is 458 g/mol. The van der Waals surface area contributed by atoms with Crippen LogP contribution in [0.25, 0.3) is 10.6 Å². The average molecular weight is 459 g/mol. The fourth-order valence-electron chi connectivity index (χ4n) is 3.25. The third kappa shape index (κ3) is 5.42. The minimum absolute atomic E-state index is 0.105. The van der Waals surface area contributed by atoms with E-state index in [9.17, 15) is 9.59 Å². The molecule has 8 heteroatoms. The van der Waals surface area contributed by atoms with Crippen LogP contribution in [0, 0.1) is 6.92 Å². The first-order valence-corrected chi connectivity index (χ1v) is 11.1. The molecule has 4 aromatic rings. The Bertz CT molecular complexity index is 1300. The number of rotatable bonds is 7. The van der Waals surface area contributed by atoms with Crippen molar-refractivity contribution in [2.45, 2.75) is 13.5 Å². The fraction of sp³-hybridized carbons (Fsp3) is 0.120. The molecule has 4 rings (SSSR count). The lowest BCUT2D eigenvalue weighted by Crippen LogP contribution is -2.25. The number of pyridine rings is 2. The van der Waals surface area contributed by atoms with Crippen molar-refractivity contribution in [2.75, 3.05) is 12.4 Å². The lowest BCUT2D eigenvalue weighted by Gasteiger charge is -2.16. The van der Waals surface area contributed by atoms with Gasteiger partial charge in [0.1, 0.15) is 11.6 Å². The Balaban J connectivity index is 1.45. The van der Waals surface area contributed by atoms with Gasteiger partial charge >= 0.3 is 5.97 Å². The molecule has 0 spiro atoms. The minimum atomic E-state index is -0.972. The van der Waals surface area contributed by atoms with E-state index in [0.717, 1.165) is 27.5 Å². The van der Waals surface area contributed by atoms with Gasteiger partial charge in [0.2, 0.25) is 0 Å². The average Bonchev–Trinajstić information content (AvgIpc) is 3.29. The zero-order chi connectivity index (χ0) is 23.4. The summed E-state index contributed by atoms with van der Waals surface area (Å²) >= 11 is 1.38. The van der Waals surface area contributed by atoms with E-state index in [4.69, 9.17) is 5.11 Å². The summed E-state index contributed by atoms with van der Waals surface area (Å²) < 4.78 is 0. The molecular formula is C25H22N4O3S. The molecule has 0 atom stereocenters. The fourth-order valence-corrected chi connectivity index (χ4v) is 4.22. The second-order valence-electron chi connectivity index (χ2n) is 7.58. The SMILES string of the molecule is Cc1ccnc(Nc2cccc(-c3ccc(C(=O)N(C)Cc4ccc(C(=O)O)cc4)s3)n2)c1. The Morgan fingerprint density at radius 2 is 1.82 bits per heavy atom. The molecule has 1 aromatic carbocycles. The third-order valence-corrected chi connectivity index (χ3v) is 6.05. The summed E-state index contributed by atoms with van der Waals surface area (Å²) in [5.74, 6) is 0.320. The number of thiophene rings is 1. The van der Waals surface area contributed by atoms with Gasteiger partial charge in [-0.05, 0) is 66.6 Å².